The Labute approximate surface area is 297 Å². The summed E-state index contributed by atoms with van der Waals surface area (Å²) in [6.07, 6.45) is -0.0651. The van der Waals surface area contributed by atoms with Crippen LogP contribution in [-0.4, -0.2) is 52.5 Å². The monoisotopic (exact) mass is 716 g/mol. The van der Waals surface area contributed by atoms with Crippen LogP contribution >= 0.6 is 23.1 Å². The zero-order chi connectivity index (χ0) is 36.0. The molecule has 4 aromatic rings. The predicted molar refractivity (Wildman–Crippen MR) is 192 cm³/mol. The molecule has 1 aliphatic heterocycles. The number of carbonyl (C=O) groups is 4. The Bertz CT molecular complexity index is 1920. The van der Waals surface area contributed by atoms with Crippen molar-refractivity contribution in [2.24, 2.45) is 0 Å². The fraction of sp³-hybridized carbons (Fsp3) is 0.278. The van der Waals surface area contributed by atoms with E-state index in [1.165, 1.54) is 47.4 Å². The van der Waals surface area contributed by atoms with E-state index in [4.69, 9.17) is 9.47 Å². The first-order valence-corrected chi connectivity index (χ1v) is 17.5. The Kier molecular flexibility index (Phi) is 11.2. The number of nitrogens with one attached hydrogen (secondary N) is 2. The molecule has 2 N–H and O–H groups in total. The summed E-state index contributed by atoms with van der Waals surface area (Å²) in [4.78, 5) is 66.8. The van der Waals surface area contributed by atoms with Crippen LogP contribution in [0, 0.1) is 10.1 Å². The Morgan fingerprint density at radius 1 is 1.00 bits per heavy atom. The molecule has 3 amide bonds. The van der Waals surface area contributed by atoms with Gasteiger partial charge in [0.1, 0.15) is 15.9 Å². The van der Waals surface area contributed by atoms with E-state index in [1.54, 1.807) is 56.9 Å². The second-order valence-corrected chi connectivity index (χ2v) is 14.6. The standard InChI is InChI=1S/C36H36N4O8S2/c1-5-47-34(43)29-27-17-18-39(35(44)48-36(2,3)4)21-28(27)50-33(29)38-32(42)30(22-11-7-6-8-12-22)49-26-16-10-14-24(20-26)37-31(41)23-13-9-15-25(19-23)40(45)46/h6-16,19-20,30H,5,17-18,21H2,1-4H3,(H,37,41)(H,38,42). The zero-order valence-electron chi connectivity index (χ0n) is 27.9. The number of fused-ring (bicyclic) bond motifs is 1. The number of benzene rings is 3. The first-order chi connectivity index (χ1) is 23.8. The molecule has 1 aromatic heterocycles. The van der Waals surface area contributed by atoms with Gasteiger partial charge < -0.3 is 25.0 Å². The number of anilines is 2. The van der Waals surface area contributed by atoms with Gasteiger partial charge in [-0.15, -0.1) is 23.1 Å². The summed E-state index contributed by atoms with van der Waals surface area (Å²) < 4.78 is 11.0. The van der Waals surface area contributed by atoms with Gasteiger partial charge in [-0.25, -0.2) is 9.59 Å². The normalized spacial score (nSPS) is 13.1. The van der Waals surface area contributed by atoms with Crippen LogP contribution in [0.25, 0.3) is 0 Å². The van der Waals surface area contributed by atoms with E-state index in [0.717, 1.165) is 10.4 Å². The highest BCUT2D eigenvalue weighted by molar-refractivity contribution is 8.00. The average molecular weight is 717 g/mol. The van der Waals surface area contributed by atoms with Crippen LogP contribution in [0.3, 0.4) is 0 Å². The molecule has 0 saturated carbocycles. The van der Waals surface area contributed by atoms with Gasteiger partial charge in [0.15, 0.2) is 0 Å². The topological polar surface area (TPSA) is 157 Å². The number of carbonyl (C=O) groups excluding carboxylic acids is 4. The molecule has 3 aromatic carbocycles. The molecule has 260 valence electrons. The van der Waals surface area contributed by atoms with Crippen LogP contribution < -0.4 is 10.6 Å². The van der Waals surface area contributed by atoms with E-state index < -0.39 is 33.7 Å². The second kappa shape index (κ2) is 15.6. The van der Waals surface area contributed by atoms with Gasteiger partial charge in [0.2, 0.25) is 5.91 Å². The maximum atomic E-state index is 14.1. The maximum Gasteiger partial charge on any atom is 0.410 e. The number of nitrogens with zero attached hydrogens (tertiary/aromatic N) is 2. The molecule has 1 atom stereocenters. The van der Waals surface area contributed by atoms with E-state index in [1.807, 2.05) is 30.3 Å². The zero-order valence-corrected chi connectivity index (χ0v) is 29.5. The highest BCUT2D eigenvalue weighted by Gasteiger charge is 2.34. The number of ether oxygens (including phenoxy) is 2. The number of hydrogen-bond acceptors (Lipinski definition) is 10. The van der Waals surface area contributed by atoms with Gasteiger partial charge in [-0.3, -0.25) is 19.7 Å². The second-order valence-electron chi connectivity index (χ2n) is 12.3. The van der Waals surface area contributed by atoms with Crippen molar-refractivity contribution in [3.8, 4) is 0 Å². The molecule has 50 heavy (non-hydrogen) atoms. The summed E-state index contributed by atoms with van der Waals surface area (Å²) in [6, 6.07) is 21.5. The number of non-ortho nitro benzene ring substituents is 1. The molecule has 0 saturated heterocycles. The summed E-state index contributed by atoms with van der Waals surface area (Å²) in [7, 11) is 0. The van der Waals surface area contributed by atoms with Gasteiger partial charge in [0, 0.05) is 39.7 Å². The van der Waals surface area contributed by atoms with Gasteiger partial charge in [0.05, 0.1) is 23.6 Å². The van der Waals surface area contributed by atoms with Crippen LogP contribution in [0.5, 0.6) is 0 Å². The highest BCUT2D eigenvalue weighted by atomic mass is 32.2. The fourth-order valence-corrected chi connectivity index (χ4v) is 7.56. The van der Waals surface area contributed by atoms with Crippen LogP contribution in [0.15, 0.2) is 83.8 Å². The van der Waals surface area contributed by atoms with E-state index in [9.17, 15) is 29.3 Å². The lowest BCUT2D eigenvalue weighted by atomic mass is 10.0. The molecule has 14 heteroatoms. The van der Waals surface area contributed by atoms with E-state index in [-0.39, 0.29) is 35.9 Å². The third-order valence-corrected chi connectivity index (χ3v) is 9.81. The van der Waals surface area contributed by atoms with E-state index in [2.05, 4.69) is 10.6 Å². The number of esters is 1. The molecule has 12 nitrogen and oxygen atoms in total. The van der Waals surface area contributed by atoms with Crippen LogP contribution in [0.2, 0.25) is 0 Å². The molecule has 2 heterocycles. The van der Waals surface area contributed by atoms with Gasteiger partial charge >= 0.3 is 12.1 Å². The minimum Gasteiger partial charge on any atom is -0.462 e. The van der Waals surface area contributed by atoms with E-state index in [0.29, 0.717) is 34.1 Å². The van der Waals surface area contributed by atoms with Crippen LogP contribution in [-0.2, 0) is 27.2 Å². The average Bonchev–Trinajstić information content (AvgIpc) is 3.44. The Morgan fingerprint density at radius 2 is 1.74 bits per heavy atom. The van der Waals surface area contributed by atoms with Crippen molar-refractivity contribution in [2.45, 2.75) is 56.4 Å². The molecule has 0 radical (unpaired) electrons. The van der Waals surface area contributed by atoms with Gasteiger partial charge in [-0.2, -0.15) is 0 Å². The maximum absolute atomic E-state index is 14.1. The summed E-state index contributed by atoms with van der Waals surface area (Å²) in [5, 5.41) is 16.5. The number of amides is 3. The lowest BCUT2D eigenvalue weighted by Crippen LogP contribution is -2.39. The SMILES string of the molecule is CCOC(=O)c1c(NC(=O)C(Sc2cccc(NC(=O)c3cccc([N+](=O)[O-])c3)c2)c2ccccc2)sc2c1CCN(C(=O)OC(C)(C)C)C2. The van der Waals surface area contributed by atoms with Crippen LogP contribution in [0.4, 0.5) is 21.2 Å². The number of thiophene rings is 1. The van der Waals surface area contributed by atoms with Crippen molar-refractivity contribution in [2.75, 3.05) is 23.8 Å². The Hall–Kier alpha value is -5.21. The predicted octanol–water partition coefficient (Wildman–Crippen LogP) is 7.85. The molecular weight excluding hydrogens is 681 g/mol. The fourth-order valence-electron chi connectivity index (χ4n) is 5.22. The number of rotatable bonds is 10. The molecule has 1 unspecified atom stereocenters. The number of thioether (sulfide) groups is 1. The quantitative estimate of drug-likeness (QED) is 0.0722. The molecule has 0 spiro atoms. The summed E-state index contributed by atoms with van der Waals surface area (Å²) in [5.41, 5.74) is 1.43. The smallest absolute Gasteiger partial charge is 0.410 e. The summed E-state index contributed by atoms with van der Waals surface area (Å²) in [6.45, 7) is 7.82. The first kappa shape index (κ1) is 36.1. The molecule has 1 aliphatic rings. The lowest BCUT2D eigenvalue weighted by molar-refractivity contribution is -0.384. The summed E-state index contributed by atoms with van der Waals surface area (Å²) >= 11 is 2.48. The minimum absolute atomic E-state index is 0.129. The molecule has 0 aliphatic carbocycles. The van der Waals surface area contributed by atoms with Crippen molar-refractivity contribution < 1.29 is 33.6 Å². The van der Waals surface area contributed by atoms with Crippen LogP contribution in [0.1, 0.15) is 69.7 Å². The van der Waals surface area contributed by atoms with Crippen molar-refractivity contribution in [1.29, 1.82) is 0 Å². The van der Waals surface area contributed by atoms with Gasteiger partial charge in [0.25, 0.3) is 11.6 Å². The third-order valence-electron chi connectivity index (χ3n) is 7.43. The summed E-state index contributed by atoms with van der Waals surface area (Å²) in [5.74, 6) is -1.46. The van der Waals surface area contributed by atoms with E-state index >= 15 is 0 Å². The number of hydrogen-bond donors (Lipinski definition) is 2. The number of nitro groups is 1. The first-order valence-electron chi connectivity index (χ1n) is 15.8. The molecular formula is C36H36N4O8S2. The van der Waals surface area contributed by atoms with Crippen molar-refractivity contribution in [3.05, 3.63) is 116 Å². The Balaban J connectivity index is 1.40. The Morgan fingerprint density at radius 3 is 2.44 bits per heavy atom. The minimum atomic E-state index is -0.772. The lowest BCUT2D eigenvalue weighted by Gasteiger charge is -2.30. The highest BCUT2D eigenvalue weighted by Crippen LogP contribution is 2.41. The molecule has 0 fully saturated rings. The largest absolute Gasteiger partial charge is 0.462 e. The number of nitro benzene ring substituents is 1. The van der Waals surface area contributed by atoms with Gasteiger partial charge in [-0.05, 0) is 69.5 Å². The third kappa shape index (κ3) is 8.87. The molecule has 5 rings (SSSR count). The molecule has 0 bridgehead atoms. The van der Waals surface area contributed by atoms with Crippen molar-refractivity contribution >= 4 is 63.4 Å². The van der Waals surface area contributed by atoms with Gasteiger partial charge in [-0.1, -0.05) is 42.5 Å². The van der Waals surface area contributed by atoms with Crippen molar-refractivity contribution in [3.63, 3.8) is 0 Å². The van der Waals surface area contributed by atoms with Crippen molar-refractivity contribution in [1.82, 2.24) is 4.90 Å².